The molecule has 1 saturated carbocycles. The molecule has 17 heavy (non-hydrogen) atoms. The molecule has 1 aliphatic rings. The van der Waals surface area contributed by atoms with Crippen LogP contribution in [0.3, 0.4) is 0 Å². The van der Waals surface area contributed by atoms with Crippen molar-refractivity contribution in [1.82, 2.24) is 5.32 Å². The first-order valence-corrected chi connectivity index (χ1v) is 6.35. The largest absolute Gasteiger partial charge is 0.409 e. The molecule has 0 aliphatic heterocycles. The van der Waals surface area contributed by atoms with Crippen molar-refractivity contribution < 1.29 is 10.0 Å². The van der Waals surface area contributed by atoms with Gasteiger partial charge in [-0.25, -0.2) is 0 Å². The van der Waals surface area contributed by atoms with Gasteiger partial charge in [-0.05, 0) is 19.3 Å². The van der Waals surface area contributed by atoms with Crippen molar-refractivity contribution in [3.63, 3.8) is 0 Å². The fourth-order valence-electron chi connectivity index (χ4n) is 2.44. The van der Waals surface area contributed by atoms with Crippen molar-refractivity contribution in [2.75, 3.05) is 0 Å². The molecule has 5 heteroatoms. The van der Waals surface area contributed by atoms with Crippen LogP contribution in [0.5, 0.6) is 0 Å². The summed E-state index contributed by atoms with van der Waals surface area (Å²) in [4.78, 5) is 12.0. The molecular formula is C12H23N3O2. The van der Waals surface area contributed by atoms with Crippen molar-refractivity contribution >= 4 is 11.7 Å². The second kappa shape index (κ2) is 5.89. The lowest BCUT2D eigenvalue weighted by Gasteiger charge is -2.30. The van der Waals surface area contributed by atoms with E-state index in [0.29, 0.717) is 0 Å². The minimum absolute atomic E-state index is 0.000324. The monoisotopic (exact) mass is 241 g/mol. The van der Waals surface area contributed by atoms with Gasteiger partial charge in [0.25, 0.3) is 0 Å². The van der Waals surface area contributed by atoms with Gasteiger partial charge < -0.3 is 16.3 Å². The minimum Gasteiger partial charge on any atom is -0.409 e. The molecule has 0 heterocycles. The number of nitrogens with one attached hydrogen (secondary N) is 1. The zero-order chi connectivity index (χ0) is 12.9. The molecule has 1 fully saturated rings. The lowest BCUT2D eigenvalue weighted by atomic mass is 9.94. The third-order valence-corrected chi connectivity index (χ3v) is 3.59. The van der Waals surface area contributed by atoms with E-state index < -0.39 is 5.54 Å². The quantitative estimate of drug-likeness (QED) is 0.296. The van der Waals surface area contributed by atoms with Gasteiger partial charge in [0, 0.05) is 5.92 Å². The highest BCUT2D eigenvalue weighted by Crippen LogP contribution is 2.30. The van der Waals surface area contributed by atoms with Crippen LogP contribution in [0.4, 0.5) is 0 Å². The maximum Gasteiger partial charge on any atom is 0.223 e. The molecule has 98 valence electrons. The van der Waals surface area contributed by atoms with E-state index in [2.05, 4.69) is 17.4 Å². The second-order valence-corrected chi connectivity index (χ2v) is 4.95. The Morgan fingerprint density at radius 2 is 2.12 bits per heavy atom. The van der Waals surface area contributed by atoms with Gasteiger partial charge in [0.15, 0.2) is 5.84 Å². The number of nitrogens with zero attached hydrogens (tertiary/aromatic N) is 1. The van der Waals surface area contributed by atoms with Crippen LogP contribution in [0.15, 0.2) is 5.16 Å². The normalized spacial score (nSPS) is 21.2. The average Bonchev–Trinajstić information content (AvgIpc) is 2.78. The summed E-state index contributed by atoms with van der Waals surface area (Å²) in [6, 6.07) is 0. The van der Waals surface area contributed by atoms with Gasteiger partial charge in [-0.2, -0.15) is 0 Å². The van der Waals surface area contributed by atoms with Gasteiger partial charge in [-0.1, -0.05) is 38.3 Å². The van der Waals surface area contributed by atoms with Crippen LogP contribution in [0.2, 0.25) is 0 Å². The van der Waals surface area contributed by atoms with Crippen LogP contribution in [0, 0.1) is 5.92 Å². The summed E-state index contributed by atoms with van der Waals surface area (Å²) in [6.07, 6.45) is 5.35. The minimum atomic E-state index is -0.617. The van der Waals surface area contributed by atoms with Crippen molar-refractivity contribution in [2.45, 2.75) is 57.9 Å². The molecule has 0 aromatic heterocycles. The van der Waals surface area contributed by atoms with E-state index >= 15 is 0 Å². The molecule has 0 radical (unpaired) electrons. The van der Waals surface area contributed by atoms with Crippen LogP contribution >= 0.6 is 0 Å². The van der Waals surface area contributed by atoms with Gasteiger partial charge in [-0.15, -0.1) is 0 Å². The van der Waals surface area contributed by atoms with E-state index in [1.807, 2.05) is 6.92 Å². The van der Waals surface area contributed by atoms with Crippen LogP contribution in [0.25, 0.3) is 0 Å². The molecule has 1 rings (SSSR count). The summed E-state index contributed by atoms with van der Waals surface area (Å²) in [6.45, 7) is 3.96. The van der Waals surface area contributed by atoms with Crippen LogP contribution in [0.1, 0.15) is 52.4 Å². The first-order chi connectivity index (χ1) is 8.05. The summed E-state index contributed by atoms with van der Waals surface area (Å²) in [5, 5.41) is 14.9. The van der Waals surface area contributed by atoms with Crippen molar-refractivity contribution in [3.8, 4) is 0 Å². The molecule has 0 aromatic carbocycles. The number of nitrogens with two attached hydrogens (primary N) is 1. The third-order valence-electron chi connectivity index (χ3n) is 3.59. The summed E-state index contributed by atoms with van der Waals surface area (Å²) in [7, 11) is 0. The molecule has 5 nitrogen and oxygen atoms in total. The number of hydrogen-bond acceptors (Lipinski definition) is 3. The van der Waals surface area contributed by atoms with Crippen molar-refractivity contribution in [3.05, 3.63) is 0 Å². The Bertz CT molecular complexity index is 296. The lowest BCUT2D eigenvalue weighted by molar-refractivity contribution is -0.125. The molecule has 1 atom stereocenters. The molecule has 1 unspecified atom stereocenters. The number of rotatable bonds is 5. The molecule has 0 spiro atoms. The van der Waals surface area contributed by atoms with E-state index in [4.69, 9.17) is 10.9 Å². The fraction of sp³-hybridized carbons (Fsp3) is 0.833. The van der Waals surface area contributed by atoms with E-state index in [9.17, 15) is 4.79 Å². The standard InChI is InChI=1S/C12H23N3O2/c1-3-6-9(2)10(16)14-12(11(13)15-17)7-4-5-8-12/h9,17H,3-8H2,1-2H3,(H2,13,15)(H,14,16). The molecule has 1 amide bonds. The summed E-state index contributed by atoms with van der Waals surface area (Å²) >= 11 is 0. The highest BCUT2D eigenvalue weighted by atomic mass is 16.4. The lowest BCUT2D eigenvalue weighted by Crippen LogP contribution is -2.56. The highest BCUT2D eigenvalue weighted by Gasteiger charge is 2.40. The Balaban J connectivity index is 2.71. The first kappa shape index (κ1) is 13.8. The van der Waals surface area contributed by atoms with Crippen molar-refractivity contribution in [2.24, 2.45) is 16.8 Å². The zero-order valence-electron chi connectivity index (χ0n) is 10.7. The van der Waals surface area contributed by atoms with Gasteiger partial charge >= 0.3 is 0 Å². The predicted octanol–water partition coefficient (Wildman–Crippen LogP) is 1.60. The number of carbonyl (C=O) groups is 1. The van der Waals surface area contributed by atoms with Crippen LogP contribution < -0.4 is 11.1 Å². The number of carbonyl (C=O) groups excluding carboxylic acids is 1. The number of amidine groups is 1. The number of hydrogen-bond donors (Lipinski definition) is 3. The van der Waals surface area contributed by atoms with Gasteiger partial charge in [0.2, 0.25) is 5.91 Å². The maximum absolute atomic E-state index is 12.0. The number of amides is 1. The third kappa shape index (κ3) is 3.11. The summed E-state index contributed by atoms with van der Waals surface area (Å²) in [5.74, 6) is 0.108. The Morgan fingerprint density at radius 3 is 2.59 bits per heavy atom. The number of oxime groups is 1. The molecule has 4 N–H and O–H groups in total. The molecule has 1 aliphatic carbocycles. The van der Waals surface area contributed by atoms with E-state index in [1.54, 1.807) is 0 Å². The SMILES string of the molecule is CCCC(C)C(=O)NC1(/C(N)=N/O)CCCC1. The Labute approximate surface area is 102 Å². The smallest absolute Gasteiger partial charge is 0.223 e. The fourth-order valence-corrected chi connectivity index (χ4v) is 2.44. The Kier molecular flexibility index (Phi) is 4.78. The van der Waals surface area contributed by atoms with Gasteiger partial charge in [-0.3, -0.25) is 4.79 Å². The van der Waals surface area contributed by atoms with E-state index in [0.717, 1.165) is 38.5 Å². The molecule has 0 aromatic rings. The Hall–Kier alpha value is -1.26. The molecule has 0 bridgehead atoms. The van der Waals surface area contributed by atoms with E-state index in [1.165, 1.54) is 0 Å². The van der Waals surface area contributed by atoms with Crippen molar-refractivity contribution in [1.29, 1.82) is 0 Å². The molecule has 0 saturated heterocycles. The zero-order valence-corrected chi connectivity index (χ0v) is 10.7. The molecular weight excluding hydrogens is 218 g/mol. The average molecular weight is 241 g/mol. The van der Waals surface area contributed by atoms with Crippen LogP contribution in [-0.2, 0) is 4.79 Å². The van der Waals surface area contributed by atoms with Gasteiger partial charge in [0.05, 0.1) is 0 Å². The summed E-state index contributed by atoms with van der Waals surface area (Å²) < 4.78 is 0. The predicted molar refractivity (Wildman–Crippen MR) is 66.8 cm³/mol. The highest BCUT2D eigenvalue weighted by molar-refractivity contribution is 5.94. The topological polar surface area (TPSA) is 87.7 Å². The second-order valence-electron chi connectivity index (χ2n) is 4.95. The van der Waals surface area contributed by atoms with E-state index in [-0.39, 0.29) is 17.7 Å². The Morgan fingerprint density at radius 1 is 1.53 bits per heavy atom. The van der Waals surface area contributed by atoms with Crippen LogP contribution in [-0.4, -0.2) is 22.5 Å². The maximum atomic E-state index is 12.0. The summed E-state index contributed by atoms with van der Waals surface area (Å²) in [5.41, 5.74) is 5.10. The van der Waals surface area contributed by atoms with Gasteiger partial charge in [0.1, 0.15) is 5.54 Å². The first-order valence-electron chi connectivity index (χ1n) is 6.35.